The molecule has 1 atom stereocenters. The minimum absolute atomic E-state index is 0.0589. The second kappa shape index (κ2) is 11.3. The number of amides is 1. The highest BCUT2D eigenvalue weighted by molar-refractivity contribution is 7.99. The fourth-order valence-electron chi connectivity index (χ4n) is 3.40. The van der Waals surface area contributed by atoms with Crippen molar-refractivity contribution in [1.82, 2.24) is 14.9 Å². The van der Waals surface area contributed by atoms with Crippen molar-refractivity contribution in [1.29, 1.82) is 0 Å². The first kappa shape index (κ1) is 24.8. The molecule has 2 heterocycles. The summed E-state index contributed by atoms with van der Waals surface area (Å²) in [6.07, 6.45) is 3.69. The van der Waals surface area contributed by atoms with Crippen molar-refractivity contribution in [3.05, 3.63) is 46.7 Å². The highest BCUT2D eigenvalue weighted by Crippen LogP contribution is 2.26. The van der Waals surface area contributed by atoms with Crippen LogP contribution in [0.1, 0.15) is 49.2 Å². The summed E-state index contributed by atoms with van der Waals surface area (Å²) >= 11 is 7.74. The molecule has 1 aromatic carbocycles. The Morgan fingerprint density at radius 1 is 1.25 bits per heavy atom. The standard InChI is InChI=1S/C22H28ClN3O4S2/c1-3-10-30-18-7-5-16(6-8-18)14-26(17-9-12-32(28,29)15-17)21(27)20-19(23)13-24-22(25-20)31-11-4-2/h5-8,13,17H,3-4,9-12,14-15H2,1-2H3/t17-/m0/s1. The topological polar surface area (TPSA) is 89.5 Å². The molecule has 0 radical (unpaired) electrons. The second-order valence-corrected chi connectivity index (χ2v) is 11.4. The molecule has 0 N–H and O–H groups in total. The van der Waals surface area contributed by atoms with Gasteiger partial charge < -0.3 is 9.64 Å². The molecule has 1 aliphatic heterocycles. The average molecular weight is 498 g/mol. The lowest BCUT2D eigenvalue weighted by atomic mass is 10.1. The Labute approximate surface area is 198 Å². The molecule has 1 fully saturated rings. The minimum atomic E-state index is -3.18. The van der Waals surface area contributed by atoms with Gasteiger partial charge in [0.1, 0.15) is 5.75 Å². The van der Waals surface area contributed by atoms with Gasteiger partial charge in [0.15, 0.2) is 20.7 Å². The van der Waals surface area contributed by atoms with Gasteiger partial charge in [-0.1, -0.05) is 49.3 Å². The van der Waals surface area contributed by atoms with E-state index in [4.69, 9.17) is 16.3 Å². The maximum atomic E-state index is 13.5. The van der Waals surface area contributed by atoms with Crippen LogP contribution in [0.4, 0.5) is 0 Å². The Morgan fingerprint density at radius 2 is 2.00 bits per heavy atom. The van der Waals surface area contributed by atoms with E-state index >= 15 is 0 Å². The number of carbonyl (C=O) groups is 1. The monoisotopic (exact) mass is 497 g/mol. The quantitative estimate of drug-likeness (QED) is 0.358. The van der Waals surface area contributed by atoms with Gasteiger partial charge in [-0.2, -0.15) is 0 Å². The van der Waals surface area contributed by atoms with Gasteiger partial charge in [0, 0.05) is 18.3 Å². The van der Waals surface area contributed by atoms with Gasteiger partial charge in [0.25, 0.3) is 5.91 Å². The summed E-state index contributed by atoms with van der Waals surface area (Å²) in [5.74, 6) is 1.21. The summed E-state index contributed by atoms with van der Waals surface area (Å²) in [5, 5.41) is 0.640. The van der Waals surface area contributed by atoms with E-state index in [9.17, 15) is 13.2 Å². The van der Waals surface area contributed by atoms with Gasteiger partial charge in [0.2, 0.25) is 0 Å². The van der Waals surface area contributed by atoms with Crippen LogP contribution in [0.2, 0.25) is 5.02 Å². The van der Waals surface area contributed by atoms with E-state index in [1.54, 1.807) is 4.90 Å². The van der Waals surface area contributed by atoms with Crippen LogP contribution < -0.4 is 4.74 Å². The van der Waals surface area contributed by atoms with E-state index in [-0.39, 0.29) is 34.7 Å². The molecule has 1 aliphatic rings. The Morgan fingerprint density at radius 3 is 2.62 bits per heavy atom. The van der Waals surface area contributed by atoms with Crippen LogP contribution in [0.3, 0.4) is 0 Å². The van der Waals surface area contributed by atoms with Crippen LogP contribution in [0.15, 0.2) is 35.6 Å². The zero-order valence-corrected chi connectivity index (χ0v) is 20.7. The van der Waals surface area contributed by atoms with E-state index in [2.05, 4.69) is 16.9 Å². The van der Waals surface area contributed by atoms with Gasteiger partial charge in [-0.05, 0) is 37.0 Å². The highest BCUT2D eigenvalue weighted by atomic mass is 35.5. The molecular formula is C22H28ClN3O4S2. The molecule has 0 saturated carbocycles. The maximum absolute atomic E-state index is 13.5. The van der Waals surface area contributed by atoms with Crippen molar-refractivity contribution >= 4 is 39.1 Å². The largest absolute Gasteiger partial charge is 0.494 e. The third kappa shape index (κ3) is 6.59. The lowest BCUT2D eigenvalue weighted by Crippen LogP contribution is -2.41. The fraction of sp³-hybridized carbons (Fsp3) is 0.500. The van der Waals surface area contributed by atoms with E-state index in [1.807, 2.05) is 31.2 Å². The molecule has 32 heavy (non-hydrogen) atoms. The summed E-state index contributed by atoms with van der Waals surface area (Å²) in [6.45, 7) is 4.98. The second-order valence-electron chi connectivity index (χ2n) is 7.68. The Hall–Kier alpha value is -1.84. The highest BCUT2D eigenvalue weighted by Gasteiger charge is 2.36. The molecule has 0 spiro atoms. The molecule has 0 aliphatic carbocycles. The molecule has 2 aromatic rings. The van der Waals surface area contributed by atoms with Gasteiger partial charge in [-0.15, -0.1) is 0 Å². The molecular weight excluding hydrogens is 470 g/mol. The molecule has 1 saturated heterocycles. The maximum Gasteiger partial charge on any atom is 0.274 e. The summed E-state index contributed by atoms with van der Waals surface area (Å²) in [5.41, 5.74) is 0.977. The number of sulfone groups is 1. The van der Waals surface area contributed by atoms with Gasteiger partial charge >= 0.3 is 0 Å². The Balaban J connectivity index is 1.87. The zero-order chi connectivity index (χ0) is 23.1. The first-order valence-corrected chi connectivity index (χ1v) is 13.9. The zero-order valence-electron chi connectivity index (χ0n) is 18.3. The SMILES string of the molecule is CCCOc1ccc(CN(C(=O)c2nc(SCCC)ncc2Cl)[C@H]2CCS(=O)(=O)C2)cc1. The predicted octanol–water partition coefficient (Wildman–Crippen LogP) is 4.25. The first-order chi connectivity index (χ1) is 15.3. The van der Waals surface area contributed by atoms with E-state index in [0.29, 0.717) is 18.2 Å². The van der Waals surface area contributed by atoms with E-state index in [1.165, 1.54) is 18.0 Å². The number of benzene rings is 1. The first-order valence-electron chi connectivity index (χ1n) is 10.7. The molecule has 1 aromatic heterocycles. The number of nitrogens with zero attached hydrogens (tertiary/aromatic N) is 3. The molecule has 10 heteroatoms. The van der Waals surface area contributed by atoms with E-state index in [0.717, 1.165) is 29.9 Å². The van der Waals surface area contributed by atoms with Crippen molar-refractivity contribution in [3.63, 3.8) is 0 Å². The Kier molecular flexibility index (Phi) is 8.79. The van der Waals surface area contributed by atoms with Gasteiger partial charge in [-0.3, -0.25) is 4.79 Å². The summed E-state index contributed by atoms with van der Waals surface area (Å²) in [7, 11) is -3.18. The predicted molar refractivity (Wildman–Crippen MR) is 127 cm³/mol. The normalized spacial score (nSPS) is 17.3. The van der Waals surface area contributed by atoms with Crippen LogP contribution in [-0.2, 0) is 16.4 Å². The number of aromatic nitrogens is 2. The summed E-state index contributed by atoms with van der Waals surface area (Å²) in [6, 6.07) is 7.06. The van der Waals surface area contributed by atoms with Crippen LogP contribution in [0.5, 0.6) is 5.75 Å². The number of rotatable bonds is 10. The summed E-state index contributed by atoms with van der Waals surface area (Å²) in [4.78, 5) is 23.7. The summed E-state index contributed by atoms with van der Waals surface area (Å²) < 4.78 is 29.9. The number of hydrogen-bond donors (Lipinski definition) is 0. The van der Waals surface area contributed by atoms with Crippen LogP contribution >= 0.6 is 23.4 Å². The number of halogens is 1. The van der Waals surface area contributed by atoms with Gasteiger partial charge in [-0.25, -0.2) is 18.4 Å². The fourth-order valence-corrected chi connectivity index (χ4v) is 5.97. The molecule has 174 valence electrons. The number of thioether (sulfide) groups is 1. The molecule has 0 unspecified atom stereocenters. The smallest absolute Gasteiger partial charge is 0.274 e. The van der Waals surface area contributed by atoms with Crippen molar-refractivity contribution in [2.24, 2.45) is 0 Å². The lowest BCUT2D eigenvalue weighted by Gasteiger charge is -2.28. The average Bonchev–Trinajstić information content (AvgIpc) is 3.15. The molecule has 7 nitrogen and oxygen atoms in total. The third-order valence-electron chi connectivity index (χ3n) is 5.02. The number of carbonyl (C=O) groups excluding carboxylic acids is 1. The van der Waals surface area contributed by atoms with Crippen LogP contribution in [-0.4, -0.2) is 59.1 Å². The van der Waals surface area contributed by atoms with Crippen molar-refractivity contribution in [3.8, 4) is 5.75 Å². The Bertz CT molecular complexity index is 1030. The molecule has 1 amide bonds. The number of hydrogen-bond acceptors (Lipinski definition) is 7. The lowest BCUT2D eigenvalue weighted by molar-refractivity contribution is 0.0674. The third-order valence-corrected chi connectivity index (χ3v) is 8.11. The van der Waals surface area contributed by atoms with Gasteiger partial charge in [0.05, 0.1) is 29.3 Å². The minimum Gasteiger partial charge on any atom is -0.494 e. The van der Waals surface area contributed by atoms with Crippen LogP contribution in [0, 0.1) is 0 Å². The van der Waals surface area contributed by atoms with Crippen LogP contribution in [0.25, 0.3) is 0 Å². The molecule has 3 rings (SSSR count). The molecule has 0 bridgehead atoms. The van der Waals surface area contributed by atoms with Crippen molar-refractivity contribution in [2.45, 2.75) is 50.9 Å². The van der Waals surface area contributed by atoms with E-state index < -0.39 is 15.9 Å². The van der Waals surface area contributed by atoms with Crippen molar-refractivity contribution in [2.75, 3.05) is 23.9 Å². The number of ether oxygens (including phenoxy) is 1. The van der Waals surface area contributed by atoms with Crippen molar-refractivity contribution < 1.29 is 17.9 Å².